The third-order valence-corrected chi connectivity index (χ3v) is 3.09. The minimum absolute atomic E-state index is 0.0962. The molecule has 0 aliphatic heterocycles. The maximum atomic E-state index is 10.3. The number of thioether (sulfide) groups is 1. The molecule has 0 saturated heterocycles. The number of fused-ring (bicyclic) bond motifs is 1. The second-order valence-electron chi connectivity index (χ2n) is 2.86. The third kappa shape index (κ3) is 2.51. The van der Waals surface area contributed by atoms with Crippen molar-refractivity contribution in [1.29, 1.82) is 0 Å². The van der Waals surface area contributed by atoms with Crippen LogP contribution in [0.15, 0.2) is 27.8 Å². The number of aliphatic carboxylic acids is 1. The summed E-state index contributed by atoms with van der Waals surface area (Å²) in [4.78, 5) is 17.5. The highest BCUT2D eigenvalue weighted by molar-refractivity contribution is 9.10. The van der Waals surface area contributed by atoms with Crippen LogP contribution in [0.5, 0.6) is 0 Å². The zero-order valence-corrected chi connectivity index (χ0v) is 9.89. The Morgan fingerprint density at radius 1 is 1.60 bits per heavy atom. The number of hydrogen-bond acceptors (Lipinski definition) is 4. The number of aromatic amines is 1. The Bertz CT molecular complexity index is 512. The Hall–Kier alpha value is -1.01. The molecule has 0 aliphatic carbocycles. The number of carbonyl (C=O) groups excluding carboxylic acids is 1. The molecule has 0 spiro atoms. The maximum absolute atomic E-state index is 10.3. The topological polar surface area (TPSA) is 68.8 Å². The number of benzene rings is 1. The highest BCUT2D eigenvalue weighted by Gasteiger charge is 2.03. The number of aromatic nitrogens is 2. The van der Waals surface area contributed by atoms with Gasteiger partial charge in [-0.25, -0.2) is 4.98 Å². The summed E-state index contributed by atoms with van der Waals surface area (Å²) in [6, 6.07) is 5.64. The number of rotatable bonds is 3. The fraction of sp³-hybridized carbons (Fsp3) is 0.111. The Balaban J connectivity index is 2.27. The number of carboxylic acids is 1. The first-order valence-corrected chi connectivity index (χ1v) is 5.91. The fourth-order valence-corrected chi connectivity index (χ4v) is 2.11. The highest BCUT2D eigenvalue weighted by Crippen LogP contribution is 2.21. The number of imidazole rings is 1. The van der Waals surface area contributed by atoms with Crippen molar-refractivity contribution in [1.82, 2.24) is 9.97 Å². The van der Waals surface area contributed by atoms with E-state index >= 15 is 0 Å². The summed E-state index contributed by atoms with van der Waals surface area (Å²) < 4.78 is 0.954. The van der Waals surface area contributed by atoms with Crippen LogP contribution in [0.3, 0.4) is 0 Å². The standard InChI is InChI=1S/C9H7BrN2O2S/c10-5-1-2-6-7(3-5)12-9(11-6)15-4-8(13)14/h1-3H,4H2,(H,11,12)(H,13,14)/p-1. The van der Waals surface area contributed by atoms with Gasteiger partial charge in [0.25, 0.3) is 0 Å². The van der Waals surface area contributed by atoms with E-state index in [9.17, 15) is 9.90 Å². The van der Waals surface area contributed by atoms with Crippen molar-refractivity contribution >= 4 is 44.7 Å². The lowest BCUT2D eigenvalue weighted by Gasteiger charge is -1.96. The number of carbonyl (C=O) groups is 1. The van der Waals surface area contributed by atoms with E-state index in [1.807, 2.05) is 18.2 Å². The van der Waals surface area contributed by atoms with Crippen molar-refractivity contribution in [2.24, 2.45) is 0 Å². The van der Waals surface area contributed by atoms with Gasteiger partial charge in [-0.3, -0.25) is 0 Å². The van der Waals surface area contributed by atoms with Crippen molar-refractivity contribution < 1.29 is 9.90 Å². The van der Waals surface area contributed by atoms with Crippen molar-refractivity contribution in [2.45, 2.75) is 5.16 Å². The van der Waals surface area contributed by atoms with Crippen LogP contribution in [0.4, 0.5) is 0 Å². The maximum Gasteiger partial charge on any atom is 0.166 e. The first kappa shape index (κ1) is 10.5. The molecule has 1 N–H and O–H groups in total. The summed E-state index contributed by atoms with van der Waals surface area (Å²) in [5.41, 5.74) is 1.70. The Morgan fingerprint density at radius 3 is 3.13 bits per heavy atom. The first-order valence-electron chi connectivity index (χ1n) is 4.13. The molecule has 2 rings (SSSR count). The zero-order valence-electron chi connectivity index (χ0n) is 7.49. The van der Waals surface area contributed by atoms with Crippen molar-refractivity contribution in [3.8, 4) is 0 Å². The van der Waals surface area contributed by atoms with Crippen LogP contribution in [0.1, 0.15) is 0 Å². The molecule has 0 fully saturated rings. The average Bonchev–Trinajstić information content (AvgIpc) is 2.56. The van der Waals surface area contributed by atoms with Gasteiger partial charge in [0.1, 0.15) is 0 Å². The highest BCUT2D eigenvalue weighted by atomic mass is 79.9. The molecule has 1 aromatic heterocycles. The van der Waals surface area contributed by atoms with Gasteiger partial charge < -0.3 is 14.9 Å². The van der Waals surface area contributed by atoms with Gasteiger partial charge in [0.15, 0.2) is 5.16 Å². The third-order valence-electron chi connectivity index (χ3n) is 1.75. The lowest BCUT2D eigenvalue weighted by Crippen LogP contribution is -2.24. The normalized spacial score (nSPS) is 10.7. The summed E-state index contributed by atoms with van der Waals surface area (Å²) in [6.45, 7) is 0. The molecule has 1 heterocycles. The van der Waals surface area contributed by atoms with Crippen molar-refractivity contribution in [3.63, 3.8) is 0 Å². The molecule has 0 aliphatic rings. The quantitative estimate of drug-likeness (QED) is 0.860. The fourth-order valence-electron chi connectivity index (χ4n) is 1.15. The Morgan fingerprint density at radius 2 is 2.40 bits per heavy atom. The van der Waals surface area contributed by atoms with Gasteiger partial charge in [0, 0.05) is 10.2 Å². The van der Waals surface area contributed by atoms with E-state index < -0.39 is 5.97 Å². The lowest BCUT2D eigenvalue weighted by atomic mass is 10.3. The van der Waals surface area contributed by atoms with Crippen molar-refractivity contribution in [3.05, 3.63) is 22.7 Å². The molecule has 0 amide bonds. The SMILES string of the molecule is O=C([O-])CSc1nc2ccc(Br)cc2[nH]1. The molecular weight excluding hydrogens is 280 g/mol. The molecule has 78 valence electrons. The number of carboxylic acid groups (broad SMARTS) is 1. The summed E-state index contributed by atoms with van der Waals surface area (Å²) in [7, 11) is 0. The summed E-state index contributed by atoms with van der Waals surface area (Å²) in [6.07, 6.45) is 0. The largest absolute Gasteiger partial charge is 0.549 e. The minimum Gasteiger partial charge on any atom is -0.549 e. The molecule has 0 bridgehead atoms. The Kier molecular flexibility index (Phi) is 2.97. The van der Waals surface area contributed by atoms with Crippen LogP contribution >= 0.6 is 27.7 Å². The molecule has 0 atom stereocenters. The number of hydrogen-bond donors (Lipinski definition) is 1. The van der Waals surface area contributed by atoms with Crippen LogP contribution in [-0.4, -0.2) is 21.7 Å². The van der Waals surface area contributed by atoms with Gasteiger partial charge in [-0.1, -0.05) is 27.7 Å². The second kappa shape index (κ2) is 4.24. The predicted octanol–water partition coefficient (Wildman–Crippen LogP) is 1.17. The van der Waals surface area contributed by atoms with E-state index in [2.05, 4.69) is 25.9 Å². The number of halogens is 1. The van der Waals surface area contributed by atoms with Crippen LogP contribution in [0, 0.1) is 0 Å². The lowest BCUT2D eigenvalue weighted by molar-refractivity contribution is -0.301. The van der Waals surface area contributed by atoms with Crippen LogP contribution in [-0.2, 0) is 4.79 Å². The van der Waals surface area contributed by atoms with E-state index in [-0.39, 0.29) is 5.75 Å². The number of H-pyrrole nitrogens is 1. The molecular formula is C9H6BrN2O2S-. The van der Waals surface area contributed by atoms with Gasteiger partial charge in [-0.05, 0) is 18.2 Å². The molecule has 2 aromatic rings. The van der Waals surface area contributed by atoms with E-state index in [4.69, 9.17) is 0 Å². The first-order chi connectivity index (χ1) is 7.15. The van der Waals surface area contributed by atoms with Gasteiger partial charge in [-0.2, -0.15) is 0 Å². The zero-order chi connectivity index (χ0) is 10.8. The van der Waals surface area contributed by atoms with E-state index in [1.54, 1.807) is 0 Å². The van der Waals surface area contributed by atoms with Gasteiger partial charge in [0.2, 0.25) is 0 Å². The van der Waals surface area contributed by atoms with Crippen LogP contribution in [0.2, 0.25) is 0 Å². The summed E-state index contributed by atoms with van der Waals surface area (Å²) in [5.74, 6) is -1.19. The second-order valence-corrected chi connectivity index (χ2v) is 4.74. The van der Waals surface area contributed by atoms with E-state index in [0.717, 1.165) is 27.3 Å². The van der Waals surface area contributed by atoms with Gasteiger partial charge >= 0.3 is 0 Å². The number of nitrogens with zero attached hydrogens (tertiary/aromatic N) is 1. The molecule has 4 nitrogen and oxygen atoms in total. The van der Waals surface area contributed by atoms with E-state index in [0.29, 0.717) is 5.16 Å². The molecule has 0 unspecified atom stereocenters. The molecule has 0 radical (unpaired) electrons. The van der Waals surface area contributed by atoms with E-state index in [1.165, 1.54) is 0 Å². The smallest absolute Gasteiger partial charge is 0.166 e. The Labute approximate surface area is 98.2 Å². The molecule has 6 heteroatoms. The minimum atomic E-state index is -1.10. The van der Waals surface area contributed by atoms with Gasteiger partial charge in [0.05, 0.1) is 17.0 Å². The molecule has 0 saturated carbocycles. The summed E-state index contributed by atoms with van der Waals surface area (Å²) >= 11 is 4.46. The van der Waals surface area contributed by atoms with Crippen LogP contribution < -0.4 is 5.11 Å². The van der Waals surface area contributed by atoms with Crippen LogP contribution in [0.25, 0.3) is 11.0 Å². The van der Waals surface area contributed by atoms with Crippen molar-refractivity contribution in [2.75, 3.05) is 5.75 Å². The molecule has 15 heavy (non-hydrogen) atoms. The monoisotopic (exact) mass is 285 g/mol. The molecule has 1 aromatic carbocycles. The van der Waals surface area contributed by atoms with Gasteiger partial charge in [-0.15, -0.1) is 0 Å². The predicted molar refractivity (Wildman–Crippen MR) is 59.5 cm³/mol. The number of nitrogens with one attached hydrogen (secondary N) is 1. The summed E-state index contributed by atoms with van der Waals surface area (Å²) in [5, 5.41) is 10.9. The average molecular weight is 286 g/mol.